The van der Waals surface area contributed by atoms with Gasteiger partial charge in [-0.1, -0.05) is 64.5 Å². The van der Waals surface area contributed by atoms with Gasteiger partial charge < -0.3 is 5.32 Å². The normalized spacial score (nSPS) is 12.3. The van der Waals surface area contributed by atoms with Crippen molar-refractivity contribution in [2.24, 2.45) is 5.10 Å². The van der Waals surface area contributed by atoms with Crippen molar-refractivity contribution in [3.05, 3.63) is 88.9 Å². The number of nitrogens with zero attached hydrogens (tertiary/aromatic N) is 1. The lowest BCUT2D eigenvalue weighted by atomic mass is 9.97. The summed E-state index contributed by atoms with van der Waals surface area (Å²) in [4.78, 5) is 12.4. The van der Waals surface area contributed by atoms with Crippen molar-refractivity contribution in [3.63, 3.8) is 0 Å². The zero-order valence-corrected chi connectivity index (χ0v) is 17.5. The fraction of sp³-hybridized carbons (Fsp3) is 0.0833. The van der Waals surface area contributed by atoms with Gasteiger partial charge in [0.05, 0.1) is 6.21 Å². The summed E-state index contributed by atoms with van der Waals surface area (Å²) in [6, 6.07) is 25.8. The molecule has 4 rings (SSSR count). The molecule has 0 bridgehead atoms. The summed E-state index contributed by atoms with van der Waals surface area (Å²) in [6.45, 7) is 1.81. The highest BCUT2D eigenvalue weighted by Crippen LogP contribution is 2.27. The van der Waals surface area contributed by atoms with Crippen LogP contribution in [-0.4, -0.2) is 18.2 Å². The van der Waals surface area contributed by atoms with E-state index < -0.39 is 6.04 Å². The van der Waals surface area contributed by atoms with E-state index in [1.54, 1.807) is 13.1 Å². The first-order chi connectivity index (χ1) is 14.1. The number of hydrazone groups is 1. The van der Waals surface area contributed by atoms with Gasteiger partial charge in [-0.3, -0.25) is 4.79 Å². The number of amides is 1. The first-order valence-corrected chi connectivity index (χ1v) is 10.2. The molecule has 0 aliphatic carbocycles. The summed E-state index contributed by atoms with van der Waals surface area (Å²) in [5.74, 6) is -0.200. The van der Waals surface area contributed by atoms with Crippen LogP contribution in [0.5, 0.6) is 0 Å². The van der Waals surface area contributed by atoms with Crippen molar-refractivity contribution in [2.45, 2.75) is 13.0 Å². The summed E-state index contributed by atoms with van der Waals surface area (Å²) >= 11 is 3.40. The molecule has 0 aliphatic heterocycles. The van der Waals surface area contributed by atoms with Gasteiger partial charge in [-0.25, -0.2) is 5.43 Å². The highest BCUT2D eigenvalue weighted by Gasteiger charge is 2.12. The Morgan fingerprint density at radius 2 is 1.52 bits per heavy atom. The number of carbonyl (C=O) groups is 1. The van der Waals surface area contributed by atoms with Crippen molar-refractivity contribution < 1.29 is 4.79 Å². The van der Waals surface area contributed by atoms with E-state index in [0.717, 1.165) is 37.3 Å². The van der Waals surface area contributed by atoms with Crippen LogP contribution in [0.1, 0.15) is 12.5 Å². The Bertz CT molecular complexity index is 1150. The molecule has 0 saturated heterocycles. The standard InChI is InChI=1S/C24H20BrN3O/c1-16(27-20-12-10-19(25)11-13-20)24(29)28-26-15-23-21-8-4-2-6-17(21)14-18-7-3-5-9-22(18)23/h2-16,27H,1H3,(H,28,29)/b26-15+. The predicted molar refractivity (Wildman–Crippen MR) is 124 cm³/mol. The lowest BCUT2D eigenvalue weighted by molar-refractivity contribution is -0.121. The van der Waals surface area contributed by atoms with E-state index >= 15 is 0 Å². The minimum atomic E-state index is -0.419. The smallest absolute Gasteiger partial charge is 0.262 e. The second kappa shape index (κ2) is 8.45. The Kier molecular flexibility index (Phi) is 5.58. The number of rotatable bonds is 5. The Morgan fingerprint density at radius 1 is 0.931 bits per heavy atom. The van der Waals surface area contributed by atoms with Crippen LogP contribution in [-0.2, 0) is 4.79 Å². The molecule has 0 aromatic heterocycles. The number of anilines is 1. The summed E-state index contributed by atoms with van der Waals surface area (Å²) < 4.78 is 0.993. The zero-order valence-electron chi connectivity index (χ0n) is 15.9. The second-order valence-electron chi connectivity index (χ2n) is 6.84. The van der Waals surface area contributed by atoms with Gasteiger partial charge in [-0.2, -0.15) is 5.10 Å². The lowest BCUT2D eigenvalue weighted by Crippen LogP contribution is -2.34. The van der Waals surface area contributed by atoms with Crippen LogP contribution in [0.25, 0.3) is 21.5 Å². The van der Waals surface area contributed by atoms with Crippen LogP contribution in [0.3, 0.4) is 0 Å². The maximum absolute atomic E-state index is 12.4. The van der Waals surface area contributed by atoms with Gasteiger partial charge in [0.25, 0.3) is 5.91 Å². The van der Waals surface area contributed by atoms with Crippen LogP contribution in [0, 0.1) is 0 Å². The molecule has 5 heteroatoms. The molecule has 0 spiro atoms. The van der Waals surface area contributed by atoms with Crippen LogP contribution < -0.4 is 10.7 Å². The molecule has 0 saturated carbocycles. The Hall–Kier alpha value is -3.18. The highest BCUT2D eigenvalue weighted by atomic mass is 79.9. The number of carbonyl (C=O) groups excluding carboxylic acids is 1. The fourth-order valence-electron chi connectivity index (χ4n) is 3.31. The van der Waals surface area contributed by atoms with E-state index in [2.05, 4.69) is 62.1 Å². The average Bonchev–Trinajstić information content (AvgIpc) is 2.74. The molecule has 1 atom stereocenters. The Morgan fingerprint density at radius 3 is 2.14 bits per heavy atom. The summed E-state index contributed by atoms with van der Waals surface area (Å²) in [6.07, 6.45) is 1.73. The third kappa shape index (κ3) is 4.30. The van der Waals surface area contributed by atoms with Gasteiger partial charge in [0, 0.05) is 15.7 Å². The summed E-state index contributed by atoms with van der Waals surface area (Å²) in [5.41, 5.74) is 4.52. The van der Waals surface area contributed by atoms with Gasteiger partial charge in [0.2, 0.25) is 0 Å². The number of hydrogen-bond acceptors (Lipinski definition) is 3. The van der Waals surface area contributed by atoms with Crippen LogP contribution in [0.2, 0.25) is 0 Å². The van der Waals surface area contributed by atoms with E-state index in [1.165, 1.54) is 0 Å². The van der Waals surface area contributed by atoms with E-state index in [-0.39, 0.29) is 5.91 Å². The van der Waals surface area contributed by atoms with Gasteiger partial charge in [0.15, 0.2) is 0 Å². The summed E-state index contributed by atoms with van der Waals surface area (Å²) in [7, 11) is 0. The molecule has 4 nitrogen and oxygen atoms in total. The maximum Gasteiger partial charge on any atom is 0.262 e. The average molecular weight is 446 g/mol. The number of hydrogen-bond donors (Lipinski definition) is 2. The zero-order chi connectivity index (χ0) is 20.2. The maximum atomic E-state index is 12.4. The van der Waals surface area contributed by atoms with E-state index in [0.29, 0.717) is 0 Å². The number of fused-ring (bicyclic) bond motifs is 2. The molecule has 1 unspecified atom stereocenters. The molecule has 4 aromatic rings. The molecule has 29 heavy (non-hydrogen) atoms. The van der Waals surface area contributed by atoms with Crippen molar-refractivity contribution in [2.75, 3.05) is 5.32 Å². The highest BCUT2D eigenvalue weighted by molar-refractivity contribution is 9.10. The molecule has 0 aliphatic rings. The van der Waals surface area contributed by atoms with Crippen LogP contribution in [0.4, 0.5) is 5.69 Å². The third-order valence-electron chi connectivity index (χ3n) is 4.80. The minimum Gasteiger partial charge on any atom is -0.374 e. The van der Waals surface area contributed by atoms with Crippen molar-refractivity contribution in [1.29, 1.82) is 0 Å². The molecule has 4 aromatic carbocycles. The van der Waals surface area contributed by atoms with E-state index in [9.17, 15) is 4.79 Å². The number of benzene rings is 4. The van der Waals surface area contributed by atoms with Crippen molar-refractivity contribution in [1.82, 2.24) is 5.43 Å². The van der Waals surface area contributed by atoms with Crippen LogP contribution >= 0.6 is 15.9 Å². The number of halogens is 1. The molecular weight excluding hydrogens is 426 g/mol. The molecular formula is C24H20BrN3O. The largest absolute Gasteiger partial charge is 0.374 e. The second-order valence-corrected chi connectivity index (χ2v) is 7.76. The van der Waals surface area contributed by atoms with Crippen molar-refractivity contribution >= 4 is 55.3 Å². The molecule has 144 valence electrons. The quantitative estimate of drug-likeness (QED) is 0.235. The first kappa shape index (κ1) is 19.2. The Balaban J connectivity index is 1.54. The van der Waals surface area contributed by atoms with Gasteiger partial charge in [-0.05, 0) is 58.8 Å². The third-order valence-corrected chi connectivity index (χ3v) is 5.33. The van der Waals surface area contributed by atoms with E-state index in [4.69, 9.17) is 0 Å². The van der Waals surface area contributed by atoms with Gasteiger partial charge in [-0.15, -0.1) is 0 Å². The van der Waals surface area contributed by atoms with Crippen LogP contribution in [0.15, 0.2) is 88.4 Å². The molecule has 2 N–H and O–H groups in total. The topological polar surface area (TPSA) is 53.5 Å². The first-order valence-electron chi connectivity index (χ1n) is 9.37. The minimum absolute atomic E-state index is 0.200. The fourth-order valence-corrected chi connectivity index (χ4v) is 3.57. The number of nitrogens with one attached hydrogen (secondary N) is 2. The summed E-state index contributed by atoms with van der Waals surface area (Å²) in [5, 5.41) is 11.9. The van der Waals surface area contributed by atoms with Gasteiger partial charge >= 0.3 is 0 Å². The predicted octanol–water partition coefficient (Wildman–Crippen LogP) is 5.71. The lowest BCUT2D eigenvalue weighted by Gasteiger charge is -2.13. The molecule has 0 fully saturated rings. The Labute approximate surface area is 177 Å². The molecule has 0 heterocycles. The van der Waals surface area contributed by atoms with Crippen molar-refractivity contribution in [3.8, 4) is 0 Å². The SMILES string of the molecule is CC(Nc1ccc(Br)cc1)C(=O)N/N=C/c1c2ccccc2cc2ccccc12. The molecule has 1 amide bonds. The monoisotopic (exact) mass is 445 g/mol. The molecule has 0 radical (unpaired) electrons. The van der Waals surface area contributed by atoms with E-state index in [1.807, 2.05) is 48.5 Å². The van der Waals surface area contributed by atoms with Gasteiger partial charge in [0.1, 0.15) is 6.04 Å².